The van der Waals surface area contributed by atoms with E-state index in [0.29, 0.717) is 5.56 Å². The first-order valence-corrected chi connectivity index (χ1v) is 10.5. The number of hydrogen-bond acceptors (Lipinski definition) is 6. The predicted molar refractivity (Wildman–Crippen MR) is 105 cm³/mol. The molecule has 0 fully saturated rings. The van der Waals surface area contributed by atoms with Crippen molar-refractivity contribution >= 4 is 21.8 Å². The van der Waals surface area contributed by atoms with Crippen molar-refractivity contribution in [1.82, 2.24) is 10.6 Å². The lowest BCUT2D eigenvalue weighted by Crippen LogP contribution is -2.47. The number of hydrogen-bond donors (Lipinski definition) is 3. The van der Waals surface area contributed by atoms with Gasteiger partial charge in [0.15, 0.2) is 9.84 Å². The van der Waals surface area contributed by atoms with Crippen LogP contribution in [0.25, 0.3) is 0 Å². The summed E-state index contributed by atoms with van der Waals surface area (Å²) in [4.78, 5) is 25.0. The third kappa shape index (κ3) is 4.57. The number of sulfone groups is 1. The van der Waals surface area contributed by atoms with E-state index in [1.54, 1.807) is 25.1 Å². The Kier molecular flexibility index (Phi) is 5.88. The van der Waals surface area contributed by atoms with E-state index in [1.165, 1.54) is 36.4 Å². The summed E-state index contributed by atoms with van der Waals surface area (Å²) in [6, 6.07) is 12.1. The number of phenolic OH excluding ortho intramolecular Hbond substituents is 1. The highest BCUT2D eigenvalue weighted by Gasteiger charge is 2.35. The highest BCUT2D eigenvalue weighted by Crippen LogP contribution is 2.30. The number of aromatic hydroxyl groups is 1. The van der Waals surface area contributed by atoms with Crippen molar-refractivity contribution in [1.29, 1.82) is 0 Å². The molecule has 0 saturated carbocycles. The van der Waals surface area contributed by atoms with Gasteiger partial charge in [-0.15, -0.1) is 0 Å². The Hall–Kier alpha value is -3.33. The fourth-order valence-electron chi connectivity index (χ4n) is 3.00. The quantitative estimate of drug-likeness (QED) is 0.620. The SMILES string of the molecule is CCOC(=O)C1=C(CS(=O)(=O)c2ccccc2)NC(=O)N[C@H]1c1ccc(O)cc1. The minimum Gasteiger partial charge on any atom is -0.508 e. The van der Waals surface area contributed by atoms with Gasteiger partial charge in [0.2, 0.25) is 0 Å². The van der Waals surface area contributed by atoms with E-state index in [9.17, 15) is 23.1 Å². The van der Waals surface area contributed by atoms with Gasteiger partial charge in [0, 0.05) is 5.70 Å². The fourth-order valence-corrected chi connectivity index (χ4v) is 4.35. The van der Waals surface area contributed by atoms with Crippen LogP contribution in [0.4, 0.5) is 4.79 Å². The van der Waals surface area contributed by atoms with Gasteiger partial charge in [0.05, 0.1) is 28.9 Å². The van der Waals surface area contributed by atoms with Gasteiger partial charge in [0.25, 0.3) is 0 Å². The van der Waals surface area contributed by atoms with Crippen LogP contribution in [0.15, 0.2) is 70.8 Å². The molecule has 9 heteroatoms. The van der Waals surface area contributed by atoms with E-state index in [-0.39, 0.29) is 28.5 Å². The molecular formula is C20H20N2O6S. The molecule has 152 valence electrons. The fraction of sp³-hybridized carbons (Fsp3) is 0.200. The number of carbonyl (C=O) groups excluding carboxylic acids is 2. The molecular weight excluding hydrogens is 396 g/mol. The van der Waals surface area contributed by atoms with Crippen LogP contribution in [0.3, 0.4) is 0 Å². The van der Waals surface area contributed by atoms with E-state index < -0.39 is 33.6 Å². The summed E-state index contributed by atoms with van der Waals surface area (Å²) in [6.07, 6.45) is 0. The summed E-state index contributed by atoms with van der Waals surface area (Å²) in [6.45, 7) is 1.71. The molecule has 2 aromatic rings. The van der Waals surface area contributed by atoms with Crippen LogP contribution < -0.4 is 10.6 Å². The van der Waals surface area contributed by atoms with Crippen LogP contribution in [0.5, 0.6) is 5.75 Å². The van der Waals surface area contributed by atoms with Crippen LogP contribution in [0.1, 0.15) is 18.5 Å². The number of phenols is 1. The molecule has 1 atom stereocenters. The van der Waals surface area contributed by atoms with E-state index in [2.05, 4.69) is 10.6 Å². The van der Waals surface area contributed by atoms with Gasteiger partial charge in [0.1, 0.15) is 5.75 Å². The molecule has 1 heterocycles. The Morgan fingerprint density at radius 3 is 2.38 bits per heavy atom. The monoisotopic (exact) mass is 416 g/mol. The molecule has 8 nitrogen and oxygen atoms in total. The summed E-state index contributed by atoms with van der Waals surface area (Å²) in [5.74, 6) is -1.30. The minimum atomic E-state index is -3.83. The van der Waals surface area contributed by atoms with Crippen molar-refractivity contribution in [2.75, 3.05) is 12.4 Å². The number of benzene rings is 2. The van der Waals surface area contributed by atoms with Gasteiger partial charge < -0.3 is 20.5 Å². The van der Waals surface area contributed by atoms with E-state index in [1.807, 2.05) is 0 Å². The Labute approximate surface area is 168 Å². The first kappa shape index (κ1) is 20.4. The smallest absolute Gasteiger partial charge is 0.338 e. The van der Waals surface area contributed by atoms with Crippen molar-refractivity contribution in [2.45, 2.75) is 17.9 Å². The third-order valence-electron chi connectivity index (χ3n) is 4.31. The Morgan fingerprint density at radius 2 is 1.76 bits per heavy atom. The molecule has 3 rings (SSSR count). The molecule has 29 heavy (non-hydrogen) atoms. The van der Waals surface area contributed by atoms with Crippen LogP contribution >= 0.6 is 0 Å². The number of nitrogens with one attached hydrogen (secondary N) is 2. The summed E-state index contributed by atoms with van der Waals surface area (Å²) in [5.41, 5.74) is 0.445. The van der Waals surface area contributed by atoms with E-state index in [0.717, 1.165) is 0 Å². The summed E-state index contributed by atoms with van der Waals surface area (Å²) < 4.78 is 30.8. The van der Waals surface area contributed by atoms with Gasteiger partial charge in [-0.25, -0.2) is 18.0 Å². The number of esters is 1. The topological polar surface area (TPSA) is 122 Å². The molecule has 0 aliphatic carbocycles. The first-order chi connectivity index (χ1) is 13.8. The molecule has 1 aliphatic heterocycles. The molecule has 0 radical (unpaired) electrons. The highest BCUT2D eigenvalue weighted by molar-refractivity contribution is 7.91. The average molecular weight is 416 g/mol. The molecule has 0 saturated heterocycles. The predicted octanol–water partition coefficient (Wildman–Crippen LogP) is 2.04. The average Bonchev–Trinajstić information content (AvgIpc) is 2.68. The van der Waals surface area contributed by atoms with E-state index in [4.69, 9.17) is 4.74 Å². The number of ether oxygens (including phenoxy) is 1. The standard InChI is InChI=1S/C20H20N2O6S/c1-2-28-19(24)17-16(12-29(26,27)15-6-4-3-5-7-15)21-20(25)22-18(17)13-8-10-14(23)11-9-13/h3-11,18,23H,2,12H2,1H3,(H2,21,22,25)/t18-/m0/s1. The first-order valence-electron chi connectivity index (χ1n) is 8.86. The van der Waals surface area contributed by atoms with Gasteiger partial charge in [-0.1, -0.05) is 30.3 Å². The van der Waals surface area contributed by atoms with E-state index >= 15 is 0 Å². The third-order valence-corrected chi connectivity index (χ3v) is 5.97. The number of urea groups is 1. The Morgan fingerprint density at radius 1 is 1.10 bits per heavy atom. The normalized spacial score (nSPS) is 16.7. The highest BCUT2D eigenvalue weighted by atomic mass is 32.2. The van der Waals surface area contributed by atoms with Gasteiger partial charge in [-0.05, 0) is 36.8 Å². The van der Waals surface area contributed by atoms with Gasteiger partial charge >= 0.3 is 12.0 Å². The second-order valence-electron chi connectivity index (χ2n) is 6.31. The van der Waals surface area contributed by atoms with Crippen LogP contribution in [0, 0.1) is 0 Å². The molecule has 2 amide bonds. The largest absolute Gasteiger partial charge is 0.508 e. The second kappa shape index (κ2) is 8.36. The second-order valence-corrected chi connectivity index (χ2v) is 8.30. The van der Waals surface area contributed by atoms with Crippen molar-refractivity contribution < 1.29 is 27.9 Å². The molecule has 1 aliphatic rings. The molecule has 0 spiro atoms. The summed E-state index contributed by atoms with van der Waals surface area (Å²) >= 11 is 0. The number of carbonyl (C=O) groups is 2. The van der Waals surface area contributed by atoms with Crippen LogP contribution in [-0.4, -0.2) is 37.9 Å². The van der Waals surface area contributed by atoms with Gasteiger partial charge in [-0.3, -0.25) is 0 Å². The van der Waals surface area contributed by atoms with Crippen molar-refractivity contribution in [3.05, 3.63) is 71.4 Å². The maximum absolute atomic E-state index is 12.8. The maximum atomic E-state index is 12.8. The van der Waals surface area contributed by atoms with Crippen molar-refractivity contribution in [3.8, 4) is 5.75 Å². The zero-order chi connectivity index (χ0) is 21.0. The number of amides is 2. The molecule has 0 aromatic heterocycles. The lowest BCUT2D eigenvalue weighted by molar-refractivity contribution is -0.139. The molecule has 3 N–H and O–H groups in total. The van der Waals surface area contributed by atoms with Crippen molar-refractivity contribution in [2.24, 2.45) is 0 Å². The van der Waals surface area contributed by atoms with Crippen LogP contribution in [0.2, 0.25) is 0 Å². The minimum absolute atomic E-state index is 0.00311. The summed E-state index contributed by atoms with van der Waals surface area (Å²) in [7, 11) is -3.83. The summed E-state index contributed by atoms with van der Waals surface area (Å²) in [5, 5.41) is 14.6. The zero-order valence-corrected chi connectivity index (χ0v) is 16.4. The lowest BCUT2D eigenvalue weighted by Gasteiger charge is -2.29. The molecule has 0 bridgehead atoms. The van der Waals surface area contributed by atoms with Crippen LogP contribution in [-0.2, 0) is 19.4 Å². The Bertz CT molecular complexity index is 1050. The molecule has 2 aromatic carbocycles. The van der Waals surface area contributed by atoms with Crippen molar-refractivity contribution in [3.63, 3.8) is 0 Å². The lowest BCUT2D eigenvalue weighted by atomic mass is 9.95. The zero-order valence-electron chi connectivity index (χ0n) is 15.6. The maximum Gasteiger partial charge on any atom is 0.338 e. The Balaban J connectivity index is 2.09. The van der Waals surface area contributed by atoms with Gasteiger partial charge in [-0.2, -0.15) is 0 Å². The molecule has 0 unspecified atom stereocenters. The number of rotatable bonds is 6.